The minimum atomic E-state index is 0.320. The van der Waals surface area contributed by atoms with Gasteiger partial charge in [-0.2, -0.15) is 16.4 Å². The van der Waals surface area contributed by atoms with Crippen LogP contribution in [0.3, 0.4) is 0 Å². The highest BCUT2D eigenvalue weighted by Gasteiger charge is 2.15. The van der Waals surface area contributed by atoms with Gasteiger partial charge in [-0.05, 0) is 60.2 Å². The second-order valence-corrected chi connectivity index (χ2v) is 9.64. The third-order valence-electron chi connectivity index (χ3n) is 6.20. The van der Waals surface area contributed by atoms with Crippen molar-refractivity contribution in [1.29, 1.82) is 0 Å². The first-order valence-corrected chi connectivity index (χ1v) is 12.7. The van der Waals surface area contributed by atoms with Crippen LogP contribution in [0.2, 0.25) is 0 Å². The average molecular weight is 493 g/mol. The van der Waals surface area contributed by atoms with E-state index in [2.05, 4.69) is 98.6 Å². The van der Waals surface area contributed by atoms with Crippen molar-refractivity contribution in [3.05, 3.63) is 95.8 Å². The van der Waals surface area contributed by atoms with E-state index in [9.17, 15) is 0 Å². The van der Waals surface area contributed by atoms with E-state index in [1.807, 2.05) is 25.4 Å². The summed E-state index contributed by atoms with van der Waals surface area (Å²) in [5.41, 5.74) is 9.44. The standard InChI is InChI=1S/C29H28N6S/c1-6-19(12-22(7-2)32-18(5)17(3)4)21-13-24-28(34-35-29(24)31-15-21)26-14-23-25(33-26)8-10-30-27(23)20-9-11-36-16-20/h6-17,32-33H,2,5H2,1,3-4H3,(H,31,34,35)/b19-6+,22-12+. The Balaban J connectivity index is 1.56. The van der Waals surface area contributed by atoms with Crippen LogP contribution in [0.1, 0.15) is 26.3 Å². The van der Waals surface area contributed by atoms with E-state index in [-0.39, 0.29) is 0 Å². The van der Waals surface area contributed by atoms with Gasteiger partial charge in [0.05, 0.1) is 17.1 Å². The van der Waals surface area contributed by atoms with Gasteiger partial charge in [-0.3, -0.25) is 10.1 Å². The highest BCUT2D eigenvalue weighted by atomic mass is 32.1. The van der Waals surface area contributed by atoms with Crippen molar-refractivity contribution in [2.75, 3.05) is 0 Å². The minimum absolute atomic E-state index is 0.320. The number of H-pyrrole nitrogens is 2. The first-order chi connectivity index (χ1) is 17.5. The maximum atomic E-state index is 4.64. The van der Waals surface area contributed by atoms with Crippen molar-refractivity contribution in [2.24, 2.45) is 5.92 Å². The van der Waals surface area contributed by atoms with E-state index in [4.69, 9.17) is 0 Å². The molecule has 0 aliphatic heterocycles. The van der Waals surface area contributed by atoms with Crippen LogP contribution in [0, 0.1) is 5.92 Å². The molecular formula is C29H28N6S. The molecule has 0 spiro atoms. The molecule has 5 rings (SSSR count). The quantitative estimate of drug-likeness (QED) is 0.196. The predicted molar refractivity (Wildman–Crippen MR) is 151 cm³/mol. The molecule has 6 nitrogen and oxygen atoms in total. The number of hydrogen-bond acceptors (Lipinski definition) is 5. The number of pyridine rings is 2. The summed E-state index contributed by atoms with van der Waals surface area (Å²) in [4.78, 5) is 12.8. The molecule has 0 fully saturated rings. The van der Waals surface area contributed by atoms with Crippen LogP contribution in [-0.2, 0) is 0 Å². The van der Waals surface area contributed by atoms with Gasteiger partial charge in [0, 0.05) is 56.6 Å². The number of aromatic amines is 2. The van der Waals surface area contributed by atoms with Crippen LogP contribution in [-0.4, -0.2) is 25.1 Å². The van der Waals surface area contributed by atoms with Gasteiger partial charge < -0.3 is 10.3 Å². The molecule has 5 aromatic rings. The molecule has 0 aliphatic carbocycles. The lowest BCUT2D eigenvalue weighted by Crippen LogP contribution is -2.14. The third-order valence-corrected chi connectivity index (χ3v) is 6.88. The molecular weight excluding hydrogens is 464 g/mol. The summed E-state index contributed by atoms with van der Waals surface area (Å²) >= 11 is 1.67. The highest BCUT2D eigenvalue weighted by Crippen LogP contribution is 2.34. The van der Waals surface area contributed by atoms with Crippen molar-refractivity contribution in [3.8, 4) is 22.6 Å². The first kappa shape index (κ1) is 23.5. The summed E-state index contributed by atoms with van der Waals surface area (Å²) in [6, 6.07) is 8.33. The molecule has 0 atom stereocenters. The van der Waals surface area contributed by atoms with Crippen molar-refractivity contribution < 1.29 is 0 Å². The van der Waals surface area contributed by atoms with E-state index >= 15 is 0 Å². The molecule has 7 heteroatoms. The van der Waals surface area contributed by atoms with Gasteiger partial charge in [-0.1, -0.05) is 33.1 Å². The molecule has 0 aromatic carbocycles. The summed E-state index contributed by atoms with van der Waals surface area (Å²) < 4.78 is 0. The molecule has 0 bridgehead atoms. The molecule has 0 aliphatic rings. The summed E-state index contributed by atoms with van der Waals surface area (Å²) in [7, 11) is 0. The number of fused-ring (bicyclic) bond motifs is 2. The van der Waals surface area contributed by atoms with E-state index in [1.165, 1.54) is 0 Å². The Morgan fingerprint density at radius 2 is 2.03 bits per heavy atom. The number of thiophene rings is 1. The minimum Gasteiger partial charge on any atom is -0.359 e. The SMILES string of the molecule is C=C/C(=C\C(=C/C)c1cnc2n[nH]c(-c3cc4c(-c5ccsc5)nccc4[nH]3)c2c1)NC(=C)C(C)C. The maximum absolute atomic E-state index is 4.64. The lowest BCUT2D eigenvalue weighted by atomic mass is 10.0. The molecule has 36 heavy (non-hydrogen) atoms. The number of allylic oxidation sites excluding steroid dienone is 5. The van der Waals surface area contributed by atoms with Gasteiger partial charge in [0.1, 0.15) is 0 Å². The van der Waals surface area contributed by atoms with E-state index in [1.54, 1.807) is 17.4 Å². The van der Waals surface area contributed by atoms with Gasteiger partial charge in [-0.25, -0.2) is 4.98 Å². The Hall–Kier alpha value is -4.23. The average Bonchev–Trinajstić information content (AvgIpc) is 3.64. The van der Waals surface area contributed by atoms with Crippen LogP contribution in [0.25, 0.3) is 50.2 Å². The van der Waals surface area contributed by atoms with Crippen molar-refractivity contribution in [1.82, 2.24) is 30.5 Å². The largest absolute Gasteiger partial charge is 0.359 e. The second-order valence-electron chi connectivity index (χ2n) is 8.86. The maximum Gasteiger partial charge on any atom is 0.181 e. The fourth-order valence-electron chi connectivity index (χ4n) is 4.06. The Morgan fingerprint density at radius 1 is 1.17 bits per heavy atom. The third kappa shape index (κ3) is 4.41. The molecule has 0 amide bonds. The second kappa shape index (κ2) is 9.79. The van der Waals surface area contributed by atoms with Crippen LogP contribution in [0.15, 0.2) is 90.2 Å². The normalized spacial score (nSPS) is 12.6. The van der Waals surface area contributed by atoms with E-state index < -0.39 is 0 Å². The lowest BCUT2D eigenvalue weighted by Gasteiger charge is -2.14. The highest BCUT2D eigenvalue weighted by molar-refractivity contribution is 7.08. The first-order valence-electron chi connectivity index (χ1n) is 11.8. The van der Waals surface area contributed by atoms with Crippen LogP contribution >= 0.6 is 11.3 Å². The lowest BCUT2D eigenvalue weighted by molar-refractivity contribution is 0.710. The van der Waals surface area contributed by atoms with Crippen LogP contribution < -0.4 is 5.32 Å². The van der Waals surface area contributed by atoms with Crippen LogP contribution in [0.5, 0.6) is 0 Å². The van der Waals surface area contributed by atoms with Crippen molar-refractivity contribution in [2.45, 2.75) is 20.8 Å². The number of rotatable bonds is 8. The summed E-state index contributed by atoms with van der Waals surface area (Å²) in [5.74, 6) is 0.320. The zero-order chi connectivity index (χ0) is 25.2. The van der Waals surface area contributed by atoms with Gasteiger partial charge in [0.25, 0.3) is 0 Å². The number of aromatic nitrogens is 5. The Morgan fingerprint density at radius 3 is 2.75 bits per heavy atom. The van der Waals surface area contributed by atoms with Crippen molar-refractivity contribution in [3.63, 3.8) is 0 Å². The smallest absolute Gasteiger partial charge is 0.181 e. The monoisotopic (exact) mass is 492 g/mol. The molecule has 3 N–H and O–H groups in total. The molecule has 0 saturated heterocycles. The van der Waals surface area contributed by atoms with Gasteiger partial charge >= 0.3 is 0 Å². The fraction of sp³-hybridized carbons (Fsp3) is 0.138. The number of nitrogens with one attached hydrogen (secondary N) is 3. The van der Waals surface area contributed by atoms with E-state index in [0.29, 0.717) is 11.6 Å². The Kier molecular flexibility index (Phi) is 6.40. The van der Waals surface area contributed by atoms with Gasteiger partial charge in [0.2, 0.25) is 0 Å². The fourth-order valence-corrected chi connectivity index (χ4v) is 4.70. The van der Waals surface area contributed by atoms with E-state index in [0.717, 1.165) is 61.5 Å². The summed E-state index contributed by atoms with van der Waals surface area (Å²) in [6.45, 7) is 14.3. The topological polar surface area (TPSA) is 82.3 Å². The van der Waals surface area contributed by atoms with Crippen molar-refractivity contribution >= 4 is 38.8 Å². The Bertz CT molecular complexity index is 1630. The molecule has 0 unspecified atom stereocenters. The molecule has 0 radical (unpaired) electrons. The molecule has 0 saturated carbocycles. The van der Waals surface area contributed by atoms with Crippen LogP contribution in [0.4, 0.5) is 0 Å². The Labute approximate surface area is 214 Å². The van der Waals surface area contributed by atoms with Gasteiger partial charge in [-0.15, -0.1) is 0 Å². The number of nitrogens with zero attached hydrogens (tertiary/aromatic N) is 3. The summed E-state index contributed by atoms with van der Waals surface area (Å²) in [5, 5.41) is 17.2. The van der Waals surface area contributed by atoms with Gasteiger partial charge in [0.15, 0.2) is 5.65 Å². The molecule has 5 aromatic heterocycles. The predicted octanol–water partition coefficient (Wildman–Crippen LogP) is 7.46. The zero-order valence-corrected chi connectivity index (χ0v) is 21.4. The number of hydrogen-bond donors (Lipinski definition) is 3. The molecule has 5 heterocycles. The zero-order valence-electron chi connectivity index (χ0n) is 20.6. The molecule has 180 valence electrons. The summed E-state index contributed by atoms with van der Waals surface area (Å²) in [6.07, 6.45) is 9.61.